The second-order valence-electron chi connectivity index (χ2n) is 6.63. The molecule has 0 aliphatic carbocycles. The van der Waals surface area contributed by atoms with Gasteiger partial charge in [0, 0.05) is 31.9 Å². The average molecular weight is 395 g/mol. The number of halogens is 3. The monoisotopic (exact) mass is 394 g/mol. The topological polar surface area (TPSA) is 48.5 Å². The third-order valence-electron chi connectivity index (χ3n) is 4.77. The van der Waals surface area contributed by atoms with E-state index in [2.05, 4.69) is 10.3 Å². The molecule has 1 aliphatic rings. The molecule has 2 atom stereocenters. The van der Waals surface area contributed by atoms with Gasteiger partial charge in [0.05, 0.1) is 22.9 Å². The Hall–Kier alpha value is -2.41. The van der Waals surface area contributed by atoms with Gasteiger partial charge in [0.15, 0.2) is 5.82 Å². The van der Waals surface area contributed by atoms with E-state index in [0.29, 0.717) is 30.9 Å². The van der Waals surface area contributed by atoms with E-state index < -0.39 is 11.9 Å². The lowest BCUT2D eigenvalue weighted by Gasteiger charge is -2.41. The van der Waals surface area contributed by atoms with Gasteiger partial charge in [-0.2, -0.15) is 0 Å². The number of nitrogens with zero attached hydrogens (tertiary/aromatic N) is 3. The summed E-state index contributed by atoms with van der Waals surface area (Å²) in [6.45, 7) is 5.12. The normalized spacial score (nSPS) is 18.3. The first-order valence-corrected chi connectivity index (χ1v) is 9.11. The molecule has 2 aromatic rings. The maximum atomic E-state index is 13.9. The van der Waals surface area contributed by atoms with Crippen LogP contribution >= 0.6 is 11.6 Å². The number of amides is 2. The maximum absolute atomic E-state index is 13.9. The van der Waals surface area contributed by atoms with Gasteiger partial charge in [-0.1, -0.05) is 23.7 Å². The Morgan fingerprint density at radius 2 is 2.07 bits per heavy atom. The number of hydrogen-bond acceptors (Lipinski definition) is 3. The van der Waals surface area contributed by atoms with E-state index in [-0.39, 0.29) is 22.9 Å². The molecule has 1 fully saturated rings. The second kappa shape index (κ2) is 8.08. The van der Waals surface area contributed by atoms with Crippen molar-refractivity contribution in [2.45, 2.75) is 25.9 Å². The molecule has 0 bridgehead atoms. The number of carbonyl (C=O) groups is 1. The molecule has 2 heterocycles. The Morgan fingerprint density at radius 3 is 2.78 bits per heavy atom. The molecule has 1 aromatic heterocycles. The number of pyridine rings is 1. The Morgan fingerprint density at radius 1 is 1.30 bits per heavy atom. The van der Waals surface area contributed by atoms with Crippen LogP contribution in [0.25, 0.3) is 0 Å². The smallest absolute Gasteiger partial charge is 0.318 e. The zero-order valence-electron chi connectivity index (χ0n) is 15.1. The summed E-state index contributed by atoms with van der Waals surface area (Å²) >= 11 is 6.00. The molecule has 3 rings (SSSR count). The van der Waals surface area contributed by atoms with Gasteiger partial charge in [-0.25, -0.2) is 13.6 Å². The molecule has 0 radical (unpaired) electrons. The third kappa shape index (κ3) is 4.13. The zero-order valence-corrected chi connectivity index (χ0v) is 15.9. The predicted molar refractivity (Wildman–Crippen MR) is 101 cm³/mol. The van der Waals surface area contributed by atoms with Crippen LogP contribution < -0.4 is 10.2 Å². The zero-order chi connectivity index (χ0) is 19.6. The van der Waals surface area contributed by atoms with Crippen molar-refractivity contribution in [1.29, 1.82) is 0 Å². The number of rotatable bonds is 3. The molecule has 0 spiro atoms. The maximum Gasteiger partial charge on any atom is 0.318 e. The molecule has 0 unspecified atom stereocenters. The van der Waals surface area contributed by atoms with Crippen LogP contribution in [0.15, 0.2) is 36.7 Å². The van der Waals surface area contributed by atoms with Crippen molar-refractivity contribution in [2.24, 2.45) is 0 Å². The minimum Gasteiger partial charge on any atom is -0.365 e. The number of nitrogens with one attached hydrogen (secondary N) is 1. The fourth-order valence-electron chi connectivity index (χ4n) is 3.30. The fraction of sp³-hybridized carbons (Fsp3) is 0.368. The van der Waals surface area contributed by atoms with Crippen molar-refractivity contribution in [3.63, 3.8) is 0 Å². The van der Waals surface area contributed by atoms with Crippen LogP contribution in [0.3, 0.4) is 0 Å². The molecule has 8 heteroatoms. The highest BCUT2D eigenvalue weighted by Gasteiger charge is 2.29. The van der Waals surface area contributed by atoms with Crippen molar-refractivity contribution < 1.29 is 13.6 Å². The van der Waals surface area contributed by atoms with E-state index in [1.54, 1.807) is 36.2 Å². The summed E-state index contributed by atoms with van der Waals surface area (Å²) in [4.78, 5) is 20.0. The molecule has 0 saturated carbocycles. The molecular weight excluding hydrogens is 374 g/mol. The first kappa shape index (κ1) is 19.4. The van der Waals surface area contributed by atoms with Crippen LogP contribution in [-0.2, 0) is 0 Å². The van der Waals surface area contributed by atoms with E-state index in [1.807, 2.05) is 11.8 Å². The molecule has 5 nitrogen and oxygen atoms in total. The van der Waals surface area contributed by atoms with Gasteiger partial charge in [-0.05, 0) is 31.5 Å². The van der Waals surface area contributed by atoms with Crippen LogP contribution in [-0.4, -0.2) is 41.6 Å². The standard InChI is InChI=1S/C19H21ClF2N4O/c1-12-11-25(17-6-7-23-10-16(17)22)8-9-26(12)19(27)24-13(2)14-4-3-5-15(21)18(14)20/h3-7,10,12-13H,8-9,11H2,1-2H3,(H,24,27)/t12-,13+/m1/s1. The summed E-state index contributed by atoms with van der Waals surface area (Å²) < 4.78 is 27.6. The Labute approximate surface area is 161 Å². The van der Waals surface area contributed by atoms with Gasteiger partial charge >= 0.3 is 6.03 Å². The van der Waals surface area contributed by atoms with Crippen molar-refractivity contribution >= 4 is 23.3 Å². The number of piperazine rings is 1. The predicted octanol–water partition coefficient (Wildman–Crippen LogP) is 3.99. The SMILES string of the molecule is C[C@H](NC(=O)N1CCN(c2ccncc2F)C[C@H]1C)c1cccc(F)c1Cl. The minimum atomic E-state index is -0.517. The van der Waals surface area contributed by atoms with Crippen LogP contribution in [0.4, 0.5) is 19.3 Å². The number of benzene rings is 1. The highest BCUT2D eigenvalue weighted by molar-refractivity contribution is 6.31. The average Bonchev–Trinajstić information content (AvgIpc) is 2.64. The van der Waals surface area contributed by atoms with Gasteiger partial charge < -0.3 is 15.1 Å². The summed E-state index contributed by atoms with van der Waals surface area (Å²) in [5, 5.41) is 2.87. The lowest BCUT2D eigenvalue weighted by atomic mass is 10.1. The molecule has 1 aromatic carbocycles. The third-order valence-corrected chi connectivity index (χ3v) is 5.17. The van der Waals surface area contributed by atoms with Crippen molar-refractivity contribution in [3.05, 3.63) is 58.9 Å². The fourth-order valence-corrected chi connectivity index (χ4v) is 3.59. The minimum absolute atomic E-state index is 0.0105. The Balaban J connectivity index is 1.65. The quantitative estimate of drug-likeness (QED) is 0.856. The van der Waals surface area contributed by atoms with Gasteiger partial charge in [0.1, 0.15) is 5.82 Å². The van der Waals surface area contributed by atoms with Gasteiger partial charge in [-0.3, -0.25) is 4.98 Å². The second-order valence-corrected chi connectivity index (χ2v) is 7.01. The molecule has 1 aliphatic heterocycles. The first-order valence-electron chi connectivity index (χ1n) is 8.74. The van der Waals surface area contributed by atoms with E-state index in [1.165, 1.54) is 12.3 Å². The number of carbonyl (C=O) groups excluding carboxylic acids is 1. The molecular formula is C19H21ClF2N4O. The van der Waals surface area contributed by atoms with Crippen LogP contribution in [0.1, 0.15) is 25.5 Å². The Bertz CT molecular complexity index is 835. The number of aromatic nitrogens is 1. The molecule has 27 heavy (non-hydrogen) atoms. The highest BCUT2D eigenvalue weighted by Crippen LogP contribution is 2.26. The van der Waals surface area contributed by atoms with Crippen LogP contribution in [0, 0.1) is 11.6 Å². The lowest BCUT2D eigenvalue weighted by molar-refractivity contribution is 0.168. The lowest BCUT2D eigenvalue weighted by Crippen LogP contribution is -2.57. The molecule has 144 valence electrons. The van der Waals surface area contributed by atoms with E-state index in [4.69, 9.17) is 11.6 Å². The van der Waals surface area contributed by atoms with E-state index in [0.717, 1.165) is 0 Å². The summed E-state index contributed by atoms with van der Waals surface area (Å²) in [5.41, 5.74) is 1.01. The number of urea groups is 1. The summed E-state index contributed by atoms with van der Waals surface area (Å²) in [5.74, 6) is -0.895. The van der Waals surface area contributed by atoms with Crippen LogP contribution in [0.2, 0.25) is 5.02 Å². The molecule has 1 saturated heterocycles. The van der Waals surface area contributed by atoms with E-state index in [9.17, 15) is 13.6 Å². The summed E-state index contributed by atoms with van der Waals surface area (Å²) in [6.07, 6.45) is 2.73. The molecule has 2 amide bonds. The molecule has 1 N–H and O–H groups in total. The first-order chi connectivity index (χ1) is 12.9. The number of hydrogen-bond donors (Lipinski definition) is 1. The van der Waals surface area contributed by atoms with Gasteiger partial charge in [-0.15, -0.1) is 0 Å². The summed E-state index contributed by atoms with van der Waals surface area (Å²) in [7, 11) is 0. The highest BCUT2D eigenvalue weighted by atomic mass is 35.5. The summed E-state index contributed by atoms with van der Waals surface area (Å²) in [6, 6.07) is 5.33. The largest absolute Gasteiger partial charge is 0.365 e. The number of anilines is 1. The van der Waals surface area contributed by atoms with Crippen molar-refractivity contribution in [3.8, 4) is 0 Å². The van der Waals surface area contributed by atoms with Gasteiger partial charge in [0.25, 0.3) is 0 Å². The van der Waals surface area contributed by atoms with Gasteiger partial charge in [0.2, 0.25) is 0 Å². The Kier molecular flexibility index (Phi) is 5.79. The van der Waals surface area contributed by atoms with E-state index >= 15 is 0 Å². The van der Waals surface area contributed by atoms with Crippen molar-refractivity contribution in [1.82, 2.24) is 15.2 Å². The van der Waals surface area contributed by atoms with Crippen molar-refractivity contribution in [2.75, 3.05) is 24.5 Å². The van der Waals surface area contributed by atoms with Crippen LogP contribution in [0.5, 0.6) is 0 Å².